The smallest absolute Gasteiger partial charge is 0.248 e. The Morgan fingerprint density at radius 2 is 1.17 bits per heavy atom. The van der Waals surface area contributed by atoms with Crippen LogP contribution in [0, 0.1) is 6.92 Å². The fraction of sp³-hybridized carbons (Fsp3) is 0.256. The van der Waals surface area contributed by atoms with Crippen LogP contribution in [0.15, 0.2) is 109 Å². The molecule has 0 radical (unpaired) electrons. The molecule has 46 heavy (non-hydrogen) atoms. The van der Waals surface area contributed by atoms with Crippen molar-refractivity contribution in [2.24, 2.45) is 0 Å². The van der Waals surface area contributed by atoms with Crippen LogP contribution in [0.25, 0.3) is 5.70 Å². The quantitative estimate of drug-likeness (QED) is 0.178. The summed E-state index contributed by atoms with van der Waals surface area (Å²) >= 11 is 0. The lowest BCUT2D eigenvalue weighted by atomic mass is 9.30. The second-order valence-corrected chi connectivity index (χ2v) is 15.9. The van der Waals surface area contributed by atoms with E-state index in [4.69, 9.17) is 0 Å². The average molecular weight is 597 g/mol. The zero-order chi connectivity index (χ0) is 31.9. The second-order valence-electron chi connectivity index (χ2n) is 15.9. The van der Waals surface area contributed by atoms with Crippen molar-refractivity contribution in [2.45, 2.75) is 71.6 Å². The maximum atomic E-state index is 2.66. The number of hydrogen-bond acceptors (Lipinski definition) is 2. The van der Waals surface area contributed by atoms with Gasteiger partial charge in [0.2, 0.25) is 6.71 Å². The molecule has 0 N–H and O–H groups in total. The Kier molecular flexibility index (Phi) is 5.35. The number of rotatable bonds is 1. The third kappa shape index (κ3) is 3.39. The van der Waals surface area contributed by atoms with Gasteiger partial charge in [-0.3, -0.25) is 0 Å². The molecule has 4 aliphatic rings. The van der Waals surface area contributed by atoms with Crippen LogP contribution in [0.4, 0.5) is 28.4 Å². The molecule has 0 spiro atoms. The minimum Gasteiger partial charge on any atom is -0.311 e. The van der Waals surface area contributed by atoms with Gasteiger partial charge in [-0.05, 0) is 87.5 Å². The van der Waals surface area contributed by atoms with Crippen molar-refractivity contribution in [1.29, 1.82) is 0 Å². The Balaban J connectivity index is 1.42. The molecule has 0 bridgehead atoms. The van der Waals surface area contributed by atoms with Crippen molar-refractivity contribution < 1.29 is 0 Å². The Bertz CT molecular complexity index is 2160. The summed E-state index contributed by atoms with van der Waals surface area (Å²) in [6.07, 6.45) is 0. The lowest BCUT2D eigenvalue weighted by molar-refractivity contribution is 0.590. The number of hydrogen-bond donors (Lipinski definition) is 0. The third-order valence-corrected chi connectivity index (χ3v) is 11.4. The maximum absolute atomic E-state index is 2.66. The van der Waals surface area contributed by atoms with Gasteiger partial charge in [0, 0.05) is 44.8 Å². The minimum atomic E-state index is -0.154. The summed E-state index contributed by atoms with van der Waals surface area (Å²) in [7, 11) is 0. The van der Waals surface area contributed by atoms with E-state index in [1.54, 1.807) is 0 Å². The fourth-order valence-corrected chi connectivity index (χ4v) is 9.20. The molecule has 3 heteroatoms. The van der Waals surface area contributed by atoms with E-state index in [1.165, 1.54) is 83.9 Å². The first-order chi connectivity index (χ1) is 21.9. The van der Waals surface area contributed by atoms with E-state index in [9.17, 15) is 0 Å². The van der Waals surface area contributed by atoms with E-state index < -0.39 is 0 Å². The zero-order valence-corrected chi connectivity index (χ0v) is 28.3. The van der Waals surface area contributed by atoms with Crippen LogP contribution in [0.5, 0.6) is 0 Å². The van der Waals surface area contributed by atoms with Gasteiger partial charge in [-0.15, -0.1) is 0 Å². The molecule has 0 amide bonds. The molecule has 2 nitrogen and oxygen atoms in total. The molecular weight excluding hydrogens is 555 g/mol. The summed E-state index contributed by atoms with van der Waals surface area (Å²) in [4.78, 5) is 5.19. The van der Waals surface area contributed by atoms with Gasteiger partial charge < -0.3 is 9.80 Å². The predicted molar refractivity (Wildman–Crippen MR) is 197 cm³/mol. The maximum Gasteiger partial charge on any atom is 0.248 e. The number of benzene rings is 5. The van der Waals surface area contributed by atoms with Gasteiger partial charge in [0.15, 0.2) is 0 Å². The van der Waals surface area contributed by atoms with Crippen LogP contribution < -0.4 is 20.7 Å². The normalized spacial score (nSPS) is 17.7. The van der Waals surface area contributed by atoms with Gasteiger partial charge in [-0.25, -0.2) is 0 Å². The molecule has 3 aliphatic heterocycles. The summed E-state index contributed by atoms with van der Waals surface area (Å²) in [5.74, 6) is 0. The first-order valence-electron chi connectivity index (χ1n) is 16.8. The fourth-order valence-electron chi connectivity index (χ4n) is 9.20. The standard InChI is InChI=1S/C43H41BN2/c1-26-24-35-38-36(25-26)46-33-18-11-9-14-29(33)42(5,6)30-15-13-16-31-37(30)39(46)40(43(31,7)8)44(38)32-17-10-12-19-34(32)45(35)28-22-20-27(21-23-28)41(2,3)4/h9-25H,1-8H3. The number of aryl methyl sites for hydroxylation is 1. The average Bonchev–Trinajstić information content (AvgIpc) is 3.22. The highest BCUT2D eigenvalue weighted by Gasteiger charge is 2.55. The van der Waals surface area contributed by atoms with Crippen LogP contribution >= 0.6 is 0 Å². The molecule has 0 aromatic heterocycles. The van der Waals surface area contributed by atoms with Crippen LogP contribution in [-0.4, -0.2) is 6.71 Å². The van der Waals surface area contributed by atoms with Crippen LogP contribution in [0.3, 0.4) is 0 Å². The molecule has 0 fully saturated rings. The van der Waals surface area contributed by atoms with E-state index in [2.05, 4.69) is 168 Å². The van der Waals surface area contributed by atoms with Crippen molar-refractivity contribution in [3.63, 3.8) is 0 Å². The molecule has 1 aliphatic carbocycles. The third-order valence-electron chi connectivity index (χ3n) is 11.4. The molecule has 0 saturated carbocycles. The molecule has 226 valence electrons. The number of fused-ring (bicyclic) bond motifs is 6. The first kappa shape index (κ1) is 27.8. The molecule has 3 heterocycles. The summed E-state index contributed by atoms with van der Waals surface area (Å²) in [5.41, 5.74) is 20.3. The van der Waals surface area contributed by atoms with Gasteiger partial charge in [-0.2, -0.15) is 0 Å². The summed E-state index contributed by atoms with van der Waals surface area (Å²) in [6.45, 7) is 19.1. The van der Waals surface area contributed by atoms with Gasteiger partial charge >= 0.3 is 0 Å². The van der Waals surface area contributed by atoms with Crippen molar-refractivity contribution >= 4 is 51.8 Å². The first-order valence-corrected chi connectivity index (χ1v) is 16.8. The largest absolute Gasteiger partial charge is 0.311 e. The zero-order valence-electron chi connectivity index (χ0n) is 28.3. The van der Waals surface area contributed by atoms with Crippen LogP contribution in [0.1, 0.15) is 81.8 Å². The highest BCUT2D eigenvalue weighted by Crippen LogP contribution is 2.60. The molecule has 9 rings (SSSR count). The van der Waals surface area contributed by atoms with Crippen molar-refractivity contribution in [2.75, 3.05) is 9.80 Å². The lowest BCUT2D eigenvalue weighted by Crippen LogP contribution is -2.57. The monoisotopic (exact) mass is 596 g/mol. The van der Waals surface area contributed by atoms with Crippen molar-refractivity contribution in [1.82, 2.24) is 0 Å². The van der Waals surface area contributed by atoms with Gasteiger partial charge in [0.25, 0.3) is 0 Å². The number of nitrogens with zero attached hydrogens (tertiary/aromatic N) is 2. The second kappa shape index (κ2) is 8.85. The van der Waals surface area contributed by atoms with Crippen LogP contribution in [-0.2, 0) is 16.2 Å². The van der Waals surface area contributed by atoms with Crippen molar-refractivity contribution in [3.05, 3.63) is 142 Å². The van der Waals surface area contributed by atoms with Gasteiger partial charge in [0.1, 0.15) is 0 Å². The summed E-state index contributed by atoms with van der Waals surface area (Å²) in [5, 5.41) is 0. The van der Waals surface area contributed by atoms with E-state index in [1.807, 2.05) is 0 Å². The Hall–Kier alpha value is -4.50. The Morgan fingerprint density at radius 1 is 0.587 bits per heavy atom. The SMILES string of the molecule is Cc1cc2c3c(c1)N(c1ccc(C(C)(C)C)cc1)c1ccccc1B3C1=C3c4c(cccc4C(C)(C)c4ccccc4N32)C1(C)C. The summed E-state index contributed by atoms with van der Waals surface area (Å²) < 4.78 is 0. The predicted octanol–water partition coefficient (Wildman–Crippen LogP) is 9.72. The summed E-state index contributed by atoms with van der Waals surface area (Å²) in [6, 6.07) is 39.6. The van der Waals surface area contributed by atoms with Crippen LogP contribution in [0.2, 0.25) is 0 Å². The van der Waals surface area contributed by atoms with Gasteiger partial charge in [0.05, 0.1) is 5.69 Å². The molecule has 0 saturated heterocycles. The topological polar surface area (TPSA) is 6.48 Å². The molecular formula is C43H41BN2. The van der Waals surface area contributed by atoms with E-state index in [-0.39, 0.29) is 23.0 Å². The molecule has 5 aromatic rings. The number of anilines is 5. The van der Waals surface area contributed by atoms with Crippen molar-refractivity contribution in [3.8, 4) is 0 Å². The Morgan fingerprint density at radius 3 is 1.87 bits per heavy atom. The van der Waals surface area contributed by atoms with Gasteiger partial charge in [-0.1, -0.05) is 121 Å². The highest BCUT2D eigenvalue weighted by molar-refractivity contribution is 6.96. The molecule has 0 unspecified atom stereocenters. The van der Waals surface area contributed by atoms with E-state index >= 15 is 0 Å². The Labute approximate surface area is 274 Å². The highest BCUT2D eigenvalue weighted by atomic mass is 15.2. The molecule has 0 atom stereocenters. The van der Waals surface area contributed by atoms with E-state index in [0.29, 0.717) is 0 Å². The number of para-hydroxylation sites is 2. The molecule has 5 aromatic carbocycles. The van der Waals surface area contributed by atoms with E-state index in [0.717, 1.165) is 0 Å². The number of allylic oxidation sites excluding steroid dienone is 1. The minimum absolute atomic E-state index is 0.102. The lowest BCUT2D eigenvalue weighted by Gasteiger charge is -2.46.